The molecule has 0 saturated heterocycles. The second-order valence-electron chi connectivity index (χ2n) is 8.17. The number of hydrogen-bond acceptors (Lipinski definition) is 5. The van der Waals surface area contributed by atoms with Gasteiger partial charge in [0.05, 0.1) is 29.9 Å². The monoisotopic (exact) mass is 484 g/mol. The molecule has 0 radical (unpaired) electrons. The van der Waals surface area contributed by atoms with Crippen molar-refractivity contribution in [2.75, 3.05) is 6.61 Å². The van der Waals surface area contributed by atoms with Gasteiger partial charge < -0.3 is 4.74 Å². The van der Waals surface area contributed by atoms with Crippen LogP contribution in [0, 0.1) is 5.82 Å². The first-order valence-corrected chi connectivity index (χ1v) is 10.7. The van der Waals surface area contributed by atoms with E-state index < -0.39 is 30.3 Å². The summed E-state index contributed by atoms with van der Waals surface area (Å²) in [5.41, 5.74) is 0.652. The molecule has 3 aromatic heterocycles. The third-order valence-electron chi connectivity index (χ3n) is 5.99. The molecule has 0 N–H and O–H groups in total. The zero-order valence-corrected chi connectivity index (χ0v) is 17.9. The Kier molecular flexibility index (Phi) is 4.66. The van der Waals surface area contributed by atoms with Gasteiger partial charge in [-0.25, -0.2) is 19.2 Å². The maximum atomic E-state index is 13.9. The van der Waals surface area contributed by atoms with E-state index in [4.69, 9.17) is 4.74 Å². The van der Waals surface area contributed by atoms with Gasteiger partial charge in [-0.3, -0.25) is 13.7 Å². The van der Waals surface area contributed by atoms with Crippen molar-refractivity contribution in [2.24, 2.45) is 0 Å². The Morgan fingerprint density at radius 2 is 1.91 bits per heavy atom. The van der Waals surface area contributed by atoms with Crippen LogP contribution in [0.3, 0.4) is 0 Å². The normalized spacial score (nSPS) is 15.9. The van der Waals surface area contributed by atoms with E-state index in [1.807, 2.05) is 0 Å². The Balaban J connectivity index is 1.61. The lowest BCUT2D eigenvalue weighted by molar-refractivity contribution is -0.140. The first-order chi connectivity index (χ1) is 16.8. The van der Waals surface area contributed by atoms with E-state index in [0.29, 0.717) is 33.3 Å². The van der Waals surface area contributed by atoms with Crippen LogP contribution in [0.2, 0.25) is 0 Å². The van der Waals surface area contributed by atoms with Gasteiger partial charge in [0.15, 0.2) is 5.65 Å². The second-order valence-corrected chi connectivity index (χ2v) is 8.17. The maximum Gasteiger partial charge on any atom is 0.406 e. The van der Waals surface area contributed by atoms with Crippen molar-refractivity contribution in [3.05, 3.63) is 76.9 Å². The van der Waals surface area contributed by atoms with Crippen molar-refractivity contribution in [1.29, 1.82) is 0 Å². The molecule has 0 fully saturated rings. The summed E-state index contributed by atoms with van der Waals surface area (Å²) in [6, 6.07) is 10.5. The van der Waals surface area contributed by atoms with Crippen LogP contribution in [0.15, 0.2) is 59.8 Å². The van der Waals surface area contributed by atoms with E-state index in [9.17, 15) is 22.4 Å². The van der Waals surface area contributed by atoms with Gasteiger partial charge in [0, 0.05) is 18.1 Å². The quantitative estimate of drug-likeness (QED) is 0.362. The summed E-state index contributed by atoms with van der Waals surface area (Å²) in [7, 11) is 0. The number of alkyl halides is 3. The van der Waals surface area contributed by atoms with Crippen LogP contribution in [-0.4, -0.2) is 41.4 Å². The Bertz CT molecular complexity index is 1650. The molecule has 2 aromatic carbocycles. The van der Waals surface area contributed by atoms with Gasteiger partial charge in [-0.1, -0.05) is 18.2 Å². The molecule has 12 heteroatoms. The fraction of sp³-hybridized carbons (Fsp3) is 0.217. The zero-order valence-electron chi connectivity index (χ0n) is 17.9. The van der Waals surface area contributed by atoms with Crippen LogP contribution in [-0.2, 0) is 6.54 Å². The van der Waals surface area contributed by atoms with Gasteiger partial charge in [0.1, 0.15) is 30.0 Å². The van der Waals surface area contributed by atoms with E-state index in [-0.39, 0.29) is 23.7 Å². The van der Waals surface area contributed by atoms with Gasteiger partial charge in [-0.15, -0.1) is 0 Å². The number of imidazole rings is 2. The topological polar surface area (TPSA) is 79.8 Å². The Morgan fingerprint density at radius 3 is 2.74 bits per heavy atom. The molecule has 178 valence electrons. The Hall–Kier alpha value is -4.22. The van der Waals surface area contributed by atoms with Crippen molar-refractivity contribution < 1.29 is 22.3 Å². The molecule has 0 spiro atoms. The van der Waals surface area contributed by atoms with Crippen LogP contribution in [0.4, 0.5) is 17.6 Å². The predicted octanol–water partition coefficient (Wildman–Crippen LogP) is 4.01. The lowest BCUT2D eigenvalue weighted by Gasteiger charge is -2.26. The minimum Gasteiger partial charge on any atom is -0.493 e. The lowest BCUT2D eigenvalue weighted by Crippen LogP contribution is -2.33. The number of fused-ring (bicyclic) bond motifs is 3. The fourth-order valence-electron chi connectivity index (χ4n) is 4.51. The van der Waals surface area contributed by atoms with Crippen LogP contribution in [0.1, 0.15) is 18.0 Å². The molecule has 8 nitrogen and oxygen atoms in total. The number of halogens is 4. The number of benzene rings is 2. The van der Waals surface area contributed by atoms with Crippen LogP contribution in [0.25, 0.3) is 28.1 Å². The van der Waals surface area contributed by atoms with E-state index in [0.717, 1.165) is 0 Å². The van der Waals surface area contributed by atoms with Crippen LogP contribution >= 0.6 is 0 Å². The van der Waals surface area contributed by atoms with Gasteiger partial charge >= 0.3 is 11.9 Å². The summed E-state index contributed by atoms with van der Waals surface area (Å²) in [5.74, 6) is 0.106. The number of hydrogen-bond donors (Lipinski definition) is 0. The molecule has 1 aliphatic rings. The van der Waals surface area contributed by atoms with Gasteiger partial charge in [0.2, 0.25) is 5.95 Å². The largest absolute Gasteiger partial charge is 0.493 e. The van der Waals surface area contributed by atoms with Crippen molar-refractivity contribution >= 4 is 22.2 Å². The fourth-order valence-corrected chi connectivity index (χ4v) is 4.51. The molecule has 0 aliphatic carbocycles. The molecular formula is C23H16F4N6O2. The summed E-state index contributed by atoms with van der Waals surface area (Å²) < 4.78 is 63.0. The average Bonchev–Trinajstić information content (AvgIpc) is 3.36. The van der Waals surface area contributed by atoms with Crippen molar-refractivity contribution in [3.8, 4) is 11.7 Å². The molecule has 0 saturated carbocycles. The SMILES string of the molecule is O=c1n(CC(F)(F)F)c2cnc(-n3cnc4ccc(F)cc43)nc2n1[C@@H]1CCOc2ccccc21. The third kappa shape index (κ3) is 3.52. The minimum absolute atomic E-state index is 0.0317. The third-order valence-corrected chi connectivity index (χ3v) is 5.99. The van der Waals surface area contributed by atoms with E-state index in [1.54, 1.807) is 24.3 Å². The van der Waals surface area contributed by atoms with Gasteiger partial charge in [-0.2, -0.15) is 18.2 Å². The lowest BCUT2D eigenvalue weighted by atomic mass is 10.0. The summed E-state index contributed by atoms with van der Waals surface area (Å²) in [6.07, 6.45) is -1.70. The average molecular weight is 484 g/mol. The highest BCUT2D eigenvalue weighted by Gasteiger charge is 2.34. The predicted molar refractivity (Wildman–Crippen MR) is 117 cm³/mol. The first kappa shape index (κ1) is 21.3. The van der Waals surface area contributed by atoms with Crippen LogP contribution in [0.5, 0.6) is 5.75 Å². The second kappa shape index (κ2) is 7.65. The van der Waals surface area contributed by atoms with E-state index >= 15 is 0 Å². The molecule has 6 rings (SSSR count). The standard InChI is InChI=1S/C23H16F4N6O2/c24-13-5-6-15-17(9-13)32(12-29-15)21-28-10-18-20(30-21)33(22(34)31(18)11-23(25,26)27)16-7-8-35-19-4-2-1-3-14(16)19/h1-6,9-10,12,16H,7-8,11H2/t16-/m1/s1. The zero-order chi connectivity index (χ0) is 24.3. The maximum absolute atomic E-state index is 13.9. The molecule has 0 bridgehead atoms. The molecule has 5 aromatic rings. The van der Waals surface area contributed by atoms with Crippen molar-refractivity contribution in [3.63, 3.8) is 0 Å². The summed E-state index contributed by atoms with van der Waals surface area (Å²) in [6.45, 7) is -1.20. The highest BCUT2D eigenvalue weighted by Crippen LogP contribution is 2.35. The highest BCUT2D eigenvalue weighted by molar-refractivity contribution is 5.78. The molecule has 1 aliphatic heterocycles. The smallest absolute Gasteiger partial charge is 0.406 e. The molecule has 1 atom stereocenters. The Morgan fingerprint density at radius 1 is 1.09 bits per heavy atom. The molecular weight excluding hydrogens is 468 g/mol. The first-order valence-electron chi connectivity index (χ1n) is 10.7. The molecule has 35 heavy (non-hydrogen) atoms. The van der Waals surface area contributed by atoms with Gasteiger partial charge in [-0.05, 0) is 18.2 Å². The minimum atomic E-state index is -4.63. The summed E-state index contributed by atoms with van der Waals surface area (Å²) >= 11 is 0. The number of rotatable bonds is 3. The van der Waals surface area contributed by atoms with Crippen molar-refractivity contribution in [1.82, 2.24) is 28.7 Å². The molecule has 0 unspecified atom stereocenters. The molecule has 4 heterocycles. The number of aromatic nitrogens is 6. The summed E-state index contributed by atoms with van der Waals surface area (Å²) in [5, 5.41) is 0. The number of ether oxygens (including phenoxy) is 1. The number of para-hydroxylation sites is 1. The van der Waals surface area contributed by atoms with Crippen LogP contribution < -0.4 is 10.4 Å². The van der Waals surface area contributed by atoms with Crippen molar-refractivity contribution in [2.45, 2.75) is 25.2 Å². The highest BCUT2D eigenvalue weighted by atomic mass is 19.4. The van der Waals surface area contributed by atoms with Gasteiger partial charge in [0.25, 0.3) is 0 Å². The number of nitrogens with zero attached hydrogens (tertiary/aromatic N) is 6. The summed E-state index contributed by atoms with van der Waals surface area (Å²) in [4.78, 5) is 26.3. The molecule has 0 amide bonds. The Labute approximate surface area is 194 Å². The van der Waals surface area contributed by atoms with E-state index in [2.05, 4.69) is 15.0 Å². The van der Waals surface area contributed by atoms with E-state index in [1.165, 1.54) is 39.9 Å².